The van der Waals surface area contributed by atoms with Crippen molar-refractivity contribution in [2.45, 2.75) is 39.4 Å². The molecule has 1 N–H and O–H groups in total. The lowest BCUT2D eigenvalue weighted by Crippen LogP contribution is -2.39. The fourth-order valence-corrected chi connectivity index (χ4v) is 2.94. The number of benzene rings is 1. The number of methoxy groups -OCH3 is 1. The summed E-state index contributed by atoms with van der Waals surface area (Å²) in [6, 6.07) is 7.55. The van der Waals surface area contributed by atoms with E-state index in [0.717, 1.165) is 15.8 Å². The number of amides is 1. The largest absolute Gasteiger partial charge is 0.496 e. The van der Waals surface area contributed by atoms with Gasteiger partial charge in [0, 0.05) is 28.7 Å². The number of hydrogen-bond acceptors (Lipinski definition) is 4. The first-order valence-corrected chi connectivity index (χ1v) is 8.99. The third kappa shape index (κ3) is 4.83. The van der Waals surface area contributed by atoms with Gasteiger partial charge < -0.3 is 10.1 Å². The van der Waals surface area contributed by atoms with Crippen LogP contribution in [-0.2, 0) is 11.3 Å². The molecule has 0 fully saturated rings. The molecule has 1 aromatic heterocycles. The number of carbonyl (C=O) groups excluding carboxylic acids is 1. The molecule has 2 aromatic rings. The van der Waals surface area contributed by atoms with Crippen LogP contribution in [0.3, 0.4) is 0 Å². The third-order valence-corrected chi connectivity index (χ3v) is 4.61. The summed E-state index contributed by atoms with van der Waals surface area (Å²) in [4.78, 5) is 14.6. The van der Waals surface area contributed by atoms with E-state index in [2.05, 4.69) is 26.3 Å². The van der Waals surface area contributed by atoms with E-state index < -0.39 is 0 Å². The van der Waals surface area contributed by atoms with Gasteiger partial charge in [0.15, 0.2) is 0 Å². The standard InChI is InChI=1S/C18H25BrN4O2/c1-12(2)23-17(8-9-20-23)21-18(24)13(3)22(4)11-14-10-15(19)6-7-16(14)25-5/h6-10,12-13H,11H2,1-5H3,(H,21,24)/t13-/m1/s1. The number of nitrogens with zero attached hydrogens (tertiary/aromatic N) is 3. The van der Waals surface area contributed by atoms with E-state index in [1.807, 2.05) is 57.0 Å². The number of likely N-dealkylation sites (N-methyl/N-ethyl adjacent to an activating group) is 1. The number of aromatic nitrogens is 2. The molecule has 0 bridgehead atoms. The first kappa shape index (κ1) is 19.5. The van der Waals surface area contributed by atoms with Gasteiger partial charge >= 0.3 is 0 Å². The average Bonchev–Trinajstić information content (AvgIpc) is 3.02. The van der Waals surface area contributed by atoms with Crippen molar-refractivity contribution in [3.63, 3.8) is 0 Å². The van der Waals surface area contributed by atoms with Crippen molar-refractivity contribution in [2.75, 3.05) is 19.5 Å². The highest BCUT2D eigenvalue weighted by Gasteiger charge is 2.21. The number of nitrogens with one attached hydrogen (secondary N) is 1. The zero-order chi connectivity index (χ0) is 18.6. The second-order valence-electron chi connectivity index (χ2n) is 6.29. The van der Waals surface area contributed by atoms with Crippen LogP contribution in [0.4, 0.5) is 5.82 Å². The molecule has 0 saturated heterocycles. The lowest BCUT2D eigenvalue weighted by Gasteiger charge is -2.25. The quantitative estimate of drug-likeness (QED) is 0.758. The Morgan fingerprint density at radius 2 is 2.08 bits per heavy atom. The average molecular weight is 409 g/mol. The summed E-state index contributed by atoms with van der Waals surface area (Å²) in [5, 5.41) is 7.20. The summed E-state index contributed by atoms with van der Waals surface area (Å²) >= 11 is 3.48. The normalized spacial score (nSPS) is 12.5. The monoisotopic (exact) mass is 408 g/mol. The molecule has 136 valence electrons. The van der Waals surface area contributed by atoms with Crippen molar-refractivity contribution in [1.29, 1.82) is 0 Å². The number of halogens is 1. The minimum atomic E-state index is -0.306. The Balaban J connectivity index is 2.06. The Morgan fingerprint density at radius 1 is 1.36 bits per heavy atom. The molecule has 0 saturated carbocycles. The molecule has 1 heterocycles. The number of ether oxygens (including phenoxy) is 1. The smallest absolute Gasteiger partial charge is 0.242 e. The SMILES string of the molecule is COc1ccc(Br)cc1CN(C)[C@H](C)C(=O)Nc1ccnn1C(C)C. The van der Waals surface area contributed by atoms with Crippen molar-refractivity contribution >= 4 is 27.7 Å². The van der Waals surface area contributed by atoms with Crippen LogP contribution in [0.1, 0.15) is 32.4 Å². The van der Waals surface area contributed by atoms with Crippen molar-refractivity contribution in [3.05, 3.63) is 40.5 Å². The molecule has 0 radical (unpaired) electrons. The summed E-state index contributed by atoms with van der Waals surface area (Å²) in [5.74, 6) is 1.44. The fourth-order valence-electron chi connectivity index (χ4n) is 2.53. The molecule has 2 rings (SSSR count). The first-order valence-electron chi connectivity index (χ1n) is 8.20. The maximum absolute atomic E-state index is 12.6. The van der Waals surface area contributed by atoms with Crippen LogP contribution in [0.25, 0.3) is 0 Å². The van der Waals surface area contributed by atoms with E-state index >= 15 is 0 Å². The number of anilines is 1. The first-order chi connectivity index (χ1) is 11.8. The van der Waals surface area contributed by atoms with Crippen LogP contribution in [0.2, 0.25) is 0 Å². The summed E-state index contributed by atoms with van der Waals surface area (Å²) in [5.41, 5.74) is 1.02. The lowest BCUT2D eigenvalue weighted by molar-refractivity contribution is -0.120. The van der Waals surface area contributed by atoms with E-state index in [9.17, 15) is 4.79 Å². The predicted molar refractivity (Wildman–Crippen MR) is 103 cm³/mol. The van der Waals surface area contributed by atoms with Crippen molar-refractivity contribution in [2.24, 2.45) is 0 Å². The Labute approximate surface area is 157 Å². The lowest BCUT2D eigenvalue weighted by atomic mass is 10.1. The molecule has 25 heavy (non-hydrogen) atoms. The van der Waals surface area contributed by atoms with Gasteiger partial charge in [-0.1, -0.05) is 15.9 Å². The number of hydrogen-bond donors (Lipinski definition) is 1. The molecule has 1 aromatic carbocycles. The molecule has 6 nitrogen and oxygen atoms in total. The van der Waals surface area contributed by atoms with Gasteiger partial charge in [0.2, 0.25) is 5.91 Å². The van der Waals surface area contributed by atoms with Crippen LogP contribution in [0.15, 0.2) is 34.9 Å². The van der Waals surface area contributed by atoms with Gasteiger partial charge in [-0.25, -0.2) is 4.68 Å². The van der Waals surface area contributed by atoms with Gasteiger partial charge in [0.1, 0.15) is 11.6 Å². The molecule has 0 aliphatic carbocycles. The van der Waals surface area contributed by atoms with E-state index in [0.29, 0.717) is 12.4 Å². The van der Waals surface area contributed by atoms with E-state index in [-0.39, 0.29) is 18.0 Å². The second-order valence-corrected chi connectivity index (χ2v) is 7.21. The second kappa shape index (κ2) is 8.49. The van der Waals surface area contributed by atoms with Gasteiger partial charge in [0.05, 0.1) is 19.3 Å². The molecule has 7 heteroatoms. The molecule has 0 spiro atoms. The molecule has 0 aliphatic heterocycles. The van der Waals surface area contributed by atoms with Crippen LogP contribution in [0.5, 0.6) is 5.75 Å². The van der Waals surface area contributed by atoms with Gasteiger partial charge in [-0.2, -0.15) is 5.10 Å². The van der Waals surface area contributed by atoms with Crippen molar-refractivity contribution in [1.82, 2.24) is 14.7 Å². The summed E-state index contributed by atoms with van der Waals surface area (Å²) < 4.78 is 8.18. The Bertz CT molecular complexity index is 730. The minimum Gasteiger partial charge on any atom is -0.496 e. The summed E-state index contributed by atoms with van der Waals surface area (Å²) in [6.45, 7) is 6.53. The Morgan fingerprint density at radius 3 is 2.72 bits per heavy atom. The maximum atomic E-state index is 12.6. The van der Waals surface area contributed by atoms with Crippen LogP contribution >= 0.6 is 15.9 Å². The van der Waals surface area contributed by atoms with Crippen LogP contribution < -0.4 is 10.1 Å². The Kier molecular flexibility index (Phi) is 6.61. The molecular weight excluding hydrogens is 384 g/mol. The van der Waals surface area contributed by atoms with Crippen LogP contribution in [0, 0.1) is 0 Å². The zero-order valence-corrected chi connectivity index (χ0v) is 16.9. The van der Waals surface area contributed by atoms with Gasteiger partial charge in [-0.15, -0.1) is 0 Å². The van der Waals surface area contributed by atoms with Gasteiger partial charge in [-0.05, 0) is 46.0 Å². The molecular formula is C18H25BrN4O2. The minimum absolute atomic E-state index is 0.0705. The molecule has 0 aliphatic rings. The third-order valence-electron chi connectivity index (χ3n) is 4.11. The summed E-state index contributed by atoms with van der Waals surface area (Å²) in [7, 11) is 3.57. The number of carbonyl (C=O) groups is 1. The predicted octanol–water partition coefficient (Wildman–Crippen LogP) is 3.69. The highest BCUT2D eigenvalue weighted by atomic mass is 79.9. The van der Waals surface area contributed by atoms with E-state index in [1.165, 1.54) is 0 Å². The highest BCUT2D eigenvalue weighted by molar-refractivity contribution is 9.10. The maximum Gasteiger partial charge on any atom is 0.242 e. The molecule has 1 atom stereocenters. The number of rotatable bonds is 7. The van der Waals surface area contributed by atoms with Crippen LogP contribution in [-0.4, -0.2) is 40.8 Å². The van der Waals surface area contributed by atoms with Gasteiger partial charge in [-0.3, -0.25) is 9.69 Å². The molecule has 0 unspecified atom stereocenters. The zero-order valence-electron chi connectivity index (χ0n) is 15.3. The van der Waals surface area contributed by atoms with Crippen molar-refractivity contribution < 1.29 is 9.53 Å². The van der Waals surface area contributed by atoms with E-state index in [1.54, 1.807) is 18.0 Å². The van der Waals surface area contributed by atoms with E-state index in [4.69, 9.17) is 4.74 Å². The molecule has 1 amide bonds. The van der Waals surface area contributed by atoms with Gasteiger partial charge in [0.25, 0.3) is 0 Å². The summed E-state index contributed by atoms with van der Waals surface area (Å²) in [6.07, 6.45) is 1.69. The topological polar surface area (TPSA) is 59.4 Å². The van der Waals surface area contributed by atoms with Crippen molar-refractivity contribution in [3.8, 4) is 5.75 Å². The fraction of sp³-hybridized carbons (Fsp3) is 0.444. The highest BCUT2D eigenvalue weighted by Crippen LogP contribution is 2.24. The Hall–Kier alpha value is -1.86.